The third-order valence-electron chi connectivity index (χ3n) is 2.80. The third-order valence-corrected chi connectivity index (χ3v) is 3.65. The molecule has 84 valence electrons. The van der Waals surface area contributed by atoms with E-state index in [2.05, 4.69) is 54.4 Å². The quantitative estimate of drug-likeness (QED) is 0.701. The van der Waals surface area contributed by atoms with Crippen LogP contribution in [0.25, 0.3) is 21.3 Å². The van der Waals surface area contributed by atoms with Gasteiger partial charge >= 0.3 is 0 Å². The van der Waals surface area contributed by atoms with Crippen molar-refractivity contribution >= 4 is 26.7 Å². The van der Waals surface area contributed by atoms with E-state index in [1.807, 2.05) is 0 Å². The topological polar surface area (TPSA) is 38.9 Å². The number of hydrogen-bond acceptors (Lipinski definition) is 3. The van der Waals surface area contributed by atoms with E-state index < -0.39 is 0 Å². The zero-order chi connectivity index (χ0) is 11.8. The van der Waals surface area contributed by atoms with E-state index in [9.17, 15) is 0 Å². The Balaban J connectivity index is 2.26. The molecule has 1 aromatic heterocycles. The number of nitrogens with zero attached hydrogens (tertiary/aromatic N) is 1. The van der Waals surface area contributed by atoms with E-state index in [0.29, 0.717) is 5.13 Å². The molecule has 0 aliphatic rings. The predicted molar refractivity (Wildman–Crippen MR) is 74.2 cm³/mol. The van der Waals surface area contributed by atoms with Crippen molar-refractivity contribution in [3.63, 3.8) is 0 Å². The molecular formula is C14H12N2S. The average molecular weight is 240 g/mol. The van der Waals surface area contributed by atoms with Crippen molar-refractivity contribution in [2.45, 2.75) is 6.92 Å². The molecule has 0 radical (unpaired) electrons. The average Bonchev–Trinajstić information content (AvgIpc) is 2.70. The summed E-state index contributed by atoms with van der Waals surface area (Å²) in [4.78, 5) is 4.41. The first kappa shape index (κ1) is 10.3. The van der Waals surface area contributed by atoms with Gasteiger partial charge in [0.1, 0.15) is 0 Å². The minimum Gasteiger partial charge on any atom is -0.375 e. The Morgan fingerprint density at radius 1 is 1.06 bits per heavy atom. The highest BCUT2D eigenvalue weighted by Gasteiger charge is 2.07. The SMILES string of the molecule is Cc1ccc(-c2cccc3sc(N)nc23)cc1. The minimum absolute atomic E-state index is 0.625. The summed E-state index contributed by atoms with van der Waals surface area (Å²) in [6, 6.07) is 14.7. The molecular weight excluding hydrogens is 228 g/mol. The monoisotopic (exact) mass is 240 g/mol. The normalized spacial score (nSPS) is 10.9. The van der Waals surface area contributed by atoms with Crippen LogP contribution in [0.4, 0.5) is 5.13 Å². The summed E-state index contributed by atoms with van der Waals surface area (Å²) in [5.74, 6) is 0. The van der Waals surface area contributed by atoms with Crippen LogP contribution in [0.2, 0.25) is 0 Å². The molecule has 2 N–H and O–H groups in total. The van der Waals surface area contributed by atoms with E-state index in [1.54, 1.807) is 0 Å². The van der Waals surface area contributed by atoms with Crippen LogP contribution in [0.3, 0.4) is 0 Å². The predicted octanol–water partition coefficient (Wildman–Crippen LogP) is 3.85. The Morgan fingerprint density at radius 3 is 2.59 bits per heavy atom. The fourth-order valence-electron chi connectivity index (χ4n) is 1.93. The van der Waals surface area contributed by atoms with Gasteiger partial charge in [-0.15, -0.1) is 0 Å². The first-order chi connectivity index (χ1) is 8.24. The Kier molecular flexibility index (Phi) is 2.34. The highest BCUT2D eigenvalue weighted by molar-refractivity contribution is 7.22. The van der Waals surface area contributed by atoms with Crippen molar-refractivity contribution in [2.24, 2.45) is 0 Å². The van der Waals surface area contributed by atoms with Gasteiger partial charge in [0, 0.05) is 5.56 Å². The van der Waals surface area contributed by atoms with Gasteiger partial charge in [0.2, 0.25) is 0 Å². The van der Waals surface area contributed by atoms with Crippen LogP contribution < -0.4 is 5.73 Å². The molecule has 2 nitrogen and oxygen atoms in total. The van der Waals surface area contributed by atoms with Crippen LogP contribution in [0.1, 0.15) is 5.56 Å². The number of anilines is 1. The molecule has 0 fully saturated rings. The number of fused-ring (bicyclic) bond motifs is 1. The lowest BCUT2D eigenvalue weighted by atomic mass is 10.0. The summed E-state index contributed by atoms with van der Waals surface area (Å²) < 4.78 is 1.14. The minimum atomic E-state index is 0.625. The number of aromatic nitrogens is 1. The first-order valence-electron chi connectivity index (χ1n) is 5.46. The largest absolute Gasteiger partial charge is 0.375 e. The van der Waals surface area contributed by atoms with Crippen molar-refractivity contribution in [3.05, 3.63) is 48.0 Å². The molecule has 0 unspecified atom stereocenters. The lowest BCUT2D eigenvalue weighted by Gasteiger charge is -2.02. The number of benzene rings is 2. The van der Waals surface area contributed by atoms with Crippen LogP contribution in [0.15, 0.2) is 42.5 Å². The maximum atomic E-state index is 5.77. The van der Waals surface area contributed by atoms with Gasteiger partial charge < -0.3 is 5.73 Å². The van der Waals surface area contributed by atoms with Gasteiger partial charge in [0.15, 0.2) is 5.13 Å². The van der Waals surface area contributed by atoms with Gasteiger partial charge in [-0.2, -0.15) is 0 Å². The van der Waals surface area contributed by atoms with E-state index in [1.165, 1.54) is 22.5 Å². The molecule has 2 aromatic carbocycles. The maximum absolute atomic E-state index is 5.77. The molecule has 0 aliphatic carbocycles. The first-order valence-corrected chi connectivity index (χ1v) is 6.28. The summed E-state index contributed by atoms with van der Waals surface area (Å²) in [5, 5.41) is 0.625. The van der Waals surface area contributed by atoms with Crippen LogP contribution in [-0.2, 0) is 0 Å². The van der Waals surface area contributed by atoms with Gasteiger partial charge in [0.05, 0.1) is 10.2 Å². The Hall–Kier alpha value is -1.87. The van der Waals surface area contributed by atoms with Gasteiger partial charge in [0.25, 0.3) is 0 Å². The molecule has 0 aliphatic heterocycles. The van der Waals surface area contributed by atoms with E-state index in [0.717, 1.165) is 15.8 Å². The van der Waals surface area contributed by atoms with E-state index in [4.69, 9.17) is 5.73 Å². The second-order valence-corrected chi connectivity index (χ2v) is 5.13. The van der Waals surface area contributed by atoms with Gasteiger partial charge in [-0.3, -0.25) is 0 Å². The standard InChI is InChI=1S/C14H12N2S/c1-9-5-7-10(8-6-9)11-3-2-4-12-13(11)16-14(15)17-12/h2-8H,1H3,(H2,15,16). The highest BCUT2D eigenvalue weighted by Crippen LogP contribution is 2.32. The van der Waals surface area contributed by atoms with Crippen LogP contribution >= 0.6 is 11.3 Å². The van der Waals surface area contributed by atoms with Crippen LogP contribution in [0, 0.1) is 6.92 Å². The molecule has 3 aromatic rings. The smallest absolute Gasteiger partial charge is 0.181 e. The number of nitrogen functional groups attached to an aromatic ring is 1. The molecule has 0 atom stereocenters. The number of hydrogen-bond donors (Lipinski definition) is 1. The zero-order valence-electron chi connectivity index (χ0n) is 9.47. The van der Waals surface area contributed by atoms with Gasteiger partial charge in [-0.05, 0) is 18.6 Å². The number of nitrogens with two attached hydrogens (primary N) is 1. The zero-order valence-corrected chi connectivity index (χ0v) is 10.3. The second-order valence-electron chi connectivity index (χ2n) is 4.07. The number of rotatable bonds is 1. The van der Waals surface area contributed by atoms with Crippen molar-refractivity contribution in [3.8, 4) is 11.1 Å². The second kappa shape index (κ2) is 3.86. The highest BCUT2D eigenvalue weighted by atomic mass is 32.1. The fraction of sp³-hybridized carbons (Fsp3) is 0.0714. The molecule has 0 amide bonds. The third kappa shape index (κ3) is 1.78. The van der Waals surface area contributed by atoms with Crippen molar-refractivity contribution in [1.29, 1.82) is 0 Å². The lowest BCUT2D eigenvalue weighted by Crippen LogP contribution is -1.83. The van der Waals surface area contributed by atoms with E-state index >= 15 is 0 Å². The molecule has 3 heteroatoms. The molecule has 0 bridgehead atoms. The molecule has 0 saturated heterocycles. The molecule has 0 spiro atoms. The number of aryl methyl sites for hydroxylation is 1. The lowest BCUT2D eigenvalue weighted by molar-refractivity contribution is 1.46. The summed E-state index contributed by atoms with van der Waals surface area (Å²) >= 11 is 1.53. The van der Waals surface area contributed by atoms with Crippen molar-refractivity contribution in [2.75, 3.05) is 5.73 Å². The van der Waals surface area contributed by atoms with Crippen LogP contribution in [0.5, 0.6) is 0 Å². The summed E-state index contributed by atoms with van der Waals surface area (Å²) in [6.45, 7) is 2.09. The van der Waals surface area contributed by atoms with Crippen LogP contribution in [-0.4, -0.2) is 4.98 Å². The summed E-state index contributed by atoms with van der Waals surface area (Å²) in [7, 11) is 0. The number of thiazole rings is 1. The molecule has 3 rings (SSSR count). The maximum Gasteiger partial charge on any atom is 0.181 e. The fourth-order valence-corrected chi connectivity index (χ4v) is 2.69. The number of para-hydroxylation sites is 1. The summed E-state index contributed by atoms with van der Waals surface area (Å²) in [6.07, 6.45) is 0. The van der Waals surface area contributed by atoms with Crippen molar-refractivity contribution < 1.29 is 0 Å². The Labute approximate surface area is 104 Å². The summed E-state index contributed by atoms with van der Waals surface area (Å²) in [5.41, 5.74) is 10.4. The van der Waals surface area contributed by atoms with Gasteiger partial charge in [-0.1, -0.05) is 53.3 Å². The Morgan fingerprint density at radius 2 is 1.82 bits per heavy atom. The molecule has 0 saturated carbocycles. The van der Waals surface area contributed by atoms with Crippen molar-refractivity contribution in [1.82, 2.24) is 4.98 Å². The van der Waals surface area contributed by atoms with Gasteiger partial charge in [-0.25, -0.2) is 4.98 Å². The molecule has 1 heterocycles. The van der Waals surface area contributed by atoms with E-state index in [-0.39, 0.29) is 0 Å². The Bertz CT molecular complexity index is 668. The molecule has 17 heavy (non-hydrogen) atoms.